The van der Waals surface area contributed by atoms with E-state index in [0.29, 0.717) is 12.2 Å². The Balaban J connectivity index is 5.68. The molecule has 0 rings (SSSR count). The van der Waals surface area contributed by atoms with E-state index in [9.17, 15) is 29.1 Å². The third-order valence-electron chi connectivity index (χ3n) is 5.39. The largest absolute Gasteiger partial charge is 0.481 e. The van der Waals surface area contributed by atoms with Crippen molar-refractivity contribution < 1.29 is 34.2 Å². The summed E-state index contributed by atoms with van der Waals surface area (Å²) in [5.74, 6) is -4.56. The topological polar surface area (TPSA) is 317 Å². The molecule has 228 valence electrons. The second-order valence-electron chi connectivity index (χ2n) is 8.74. The first-order chi connectivity index (χ1) is 18.8. The van der Waals surface area contributed by atoms with Crippen LogP contribution in [0.3, 0.4) is 0 Å². The van der Waals surface area contributed by atoms with Crippen LogP contribution in [0.15, 0.2) is 9.98 Å². The quantitative estimate of drug-likeness (QED) is 0.0354. The summed E-state index contributed by atoms with van der Waals surface area (Å²) >= 11 is 1.48. The molecule has 0 aromatic heterocycles. The first kappa shape index (κ1) is 36.2. The number of carbonyl (C=O) groups excluding carboxylic acids is 3. The SMILES string of the molecule is CSCCC(N)C(=O)NC(CCC(=O)O)C(=O)NC(CCCN=C(N)N)C(=O)NC(CCCN=C(N)N)C(=O)O. The minimum atomic E-state index is -1.31. The van der Waals surface area contributed by atoms with Crippen LogP contribution in [0.25, 0.3) is 0 Å². The molecule has 0 aliphatic carbocycles. The minimum absolute atomic E-state index is 0.00151. The van der Waals surface area contributed by atoms with Gasteiger partial charge in [-0.25, -0.2) is 4.79 Å². The number of nitrogens with one attached hydrogen (secondary N) is 3. The summed E-state index contributed by atoms with van der Waals surface area (Å²) in [4.78, 5) is 69.1. The van der Waals surface area contributed by atoms with E-state index in [1.165, 1.54) is 11.8 Å². The first-order valence-corrected chi connectivity index (χ1v) is 13.9. The van der Waals surface area contributed by atoms with Gasteiger partial charge in [-0.15, -0.1) is 0 Å². The molecule has 4 atom stereocenters. The van der Waals surface area contributed by atoms with Gasteiger partial charge in [0.2, 0.25) is 17.7 Å². The zero-order valence-corrected chi connectivity index (χ0v) is 23.3. The van der Waals surface area contributed by atoms with Crippen molar-refractivity contribution in [3.05, 3.63) is 0 Å². The van der Waals surface area contributed by atoms with Crippen LogP contribution in [0.4, 0.5) is 0 Å². The molecule has 0 saturated heterocycles. The van der Waals surface area contributed by atoms with E-state index >= 15 is 0 Å². The van der Waals surface area contributed by atoms with Crippen molar-refractivity contribution in [2.75, 3.05) is 25.1 Å². The highest BCUT2D eigenvalue weighted by molar-refractivity contribution is 7.98. The lowest BCUT2D eigenvalue weighted by Gasteiger charge is -2.25. The van der Waals surface area contributed by atoms with E-state index < -0.39 is 60.2 Å². The number of nitrogens with two attached hydrogens (primary N) is 5. The molecule has 4 unspecified atom stereocenters. The summed E-state index contributed by atoms with van der Waals surface area (Å²) in [5, 5.41) is 25.9. The number of carboxylic acid groups (broad SMARTS) is 2. The number of aliphatic imine (C=N–C) groups is 2. The average molecular weight is 591 g/mol. The van der Waals surface area contributed by atoms with Gasteiger partial charge >= 0.3 is 11.9 Å². The van der Waals surface area contributed by atoms with Gasteiger partial charge in [-0.1, -0.05) is 0 Å². The van der Waals surface area contributed by atoms with Crippen LogP contribution in [0.1, 0.15) is 44.9 Å². The molecule has 0 heterocycles. The lowest BCUT2D eigenvalue weighted by atomic mass is 10.1. The second-order valence-corrected chi connectivity index (χ2v) is 9.73. The third kappa shape index (κ3) is 16.9. The standard InChI is InChI=1S/C22H42N10O7S/c1-40-11-8-12(23)17(35)30-14(6-7-16(33)34)19(37)31-13(4-2-9-28-21(24)25)18(36)32-15(20(38)39)5-3-10-29-22(26)27/h12-15H,2-11,23H2,1H3,(H,30,35)(H,31,37)(H,32,36)(H,33,34)(H,38,39)(H4,24,25,28)(H4,26,27,29). The predicted octanol–water partition coefficient (Wildman–Crippen LogP) is -3.42. The van der Waals surface area contributed by atoms with Crippen molar-refractivity contribution in [1.29, 1.82) is 0 Å². The van der Waals surface area contributed by atoms with Gasteiger partial charge in [0.15, 0.2) is 11.9 Å². The van der Waals surface area contributed by atoms with Gasteiger partial charge in [0.25, 0.3) is 0 Å². The van der Waals surface area contributed by atoms with E-state index in [0.717, 1.165) is 0 Å². The Kier molecular flexibility index (Phi) is 18.2. The number of carbonyl (C=O) groups is 5. The highest BCUT2D eigenvalue weighted by Gasteiger charge is 2.30. The Morgan fingerprint density at radius 3 is 1.62 bits per heavy atom. The summed E-state index contributed by atoms with van der Waals surface area (Å²) in [6, 6.07) is -4.81. The van der Waals surface area contributed by atoms with Crippen LogP contribution in [0.2, 0.25) is 0 Å². The zero-order valence-electron chi connectivity index (χ0n) is 22.5. The number of thioether (sulfide) groups is 1. The molecule has 0 radical (unpaired) electrons. The molecule has 3 amide bonds. The van der Waals surface area contributed by atoms with Gasteiger partial charge < -0.3 is 54.8 Å². The maximum Gasteiger partial charge on any atom is 0.326 e. The molecule has 0 aliphatic rings. The van der Waals surface area contributed by atoms with Crippen LogP contribution in [-0.4, -0.2) is 101 Å². The highest BCUT2D eigenvalue weighted by Crippen LogP contribution is 2.07. The summed E-state index contributed by atoms with van der Waals surface area (Å²) in [7, 11) is 0. The lowest BCUT2D eigenvalue weighted by Crippen LogP contribution is -2.57. The summed E-state index contributed by atoms with van der Waals surface area (Å²) in [5.41, 5.74) is 27.0. The summed E-state index contributed by atoms with van der Waals surface area (Å²) in [6.07, 6.45) is 1.92. The fourth-order valence-corrected chi connectivity index (χ4v) is 3.76. The number of aliphatic carboxylic acids is 2. The Bertz CT molecular complexity index is 910. The van der Waals surface area contributed by atoms with E-state index in [4.69, 9.17) is 33.8 Å². The van der Waals surface area contributed by atoms with Crippen LogP contribution < -0.4 is 44.6 Å². The minimum Gasteiger partial charge on any atom is -0.481 e. The third-order valence-corrected chi connectivity index (χ3v) is 6.03. The first-order valence-electron chi connectivity index (χ1n) is 12.5. The molecule has 18 heteroatoms. The number of guanidine groups is 2. The molecule has 40 heavy (non-hydrogen) atoms. The van der Waals surface area contributed by atoms with Gasteiger partial charge in [0, 0.05) is 19.5 Å². The normalized spacial score (nSPS) is 13.6. The second kappa shape index (κ2) is 20.2. The Morgan fingerprint density at radius 2 is 1.18 bits per heavy atom. The molecular weight excluding hydrogens is 548 g/mol. The monoisotopic (exact) mass is 590 g/mol. The van der Waals surface area contributed by atoms with Crippen molar-refractivity contribution in [3.8, 4) is 0 Å². The van der Waals surface area contributed by atoms with Crippen molar-refractivity contribution in [3.63, 3.8) is 0 Å². The van der Waals surface area contributed by atoms with Crippen molar-refractivity contribution >= 4 is 53.3 Å². The van der Waals surface area contributed by atoms with Crippen LogP contribution in [0, 0.1) is 0 Å². The molecule has 0 aromatic carbocycles. The van der Waals surface area contributed by atoms with Gasteiger partial charge in [-0.3, -0.25) is 29.2 Å². The summed E-state index contributed by atoms with van der Waals surface area (Å²) in [6.45, 7) is 0.261. The highest BCUT2D eigenvalue weighted by atomic mass is 32.2. The number of rotatable bonds is 21. The molecular formula is C22H42N10O7S. The smallest absolute Gasteiger partial charge is 0.326 e. The number of hydrogen-bond acceptors (Lipinski definition) is 9. The maximum atomic E-state index is 13.1. The zero-order chi connectivity index (χ0) is 30.7. The molecule has 0 bridgehead atoms. The van der Waals surface area contributed by atoms with Crippen molar-refractivity contribution in [2.45, 2.75) is 69.1 Å². The number of hydrogen-bond donors (Lipinski definition) is 10. The van der Waals surface area contributed by atoms with Crippen LogP contribution >= 0.6 is 11.8 Å². The molecule has 15 N–H and O–H groups in total. The molecule has 0 aliphatic heterocycles. The maximum absolute atomic E-state index is 13.1. The lowest BCUT2D eigenvalue weighted by molar-refractivity contribution is -0.142. The number of nitrogens with zero attached hydrogens (tertiary/aromatic N) is 2. The average Bonchev–Trinajstić information content (AvgIpc) is 2.87. The molecule has 0 fully saturated rings. The van der Waals surface area contributed by atoms with Gasteiger partial charge in [-0.2, -0.15) is 11.8 Å². The summed E-state index contributed by atoms with van der Waals surface area (Å²) < 4.78 is 0. The Morgan fingerprint density at radius 1 is 0.725 bits per heavy atom. The van der Waals surface area contributed by atoms with E-state index in [2.05, 4.69) is 25.9 Å². The van der Waals surface area contributed by atoms with Crippen LogP contribution in [-0.2, 0) is 24.0 Å². The fourth-order valence-electron chi connectivity index (χ4n) is 3.27. The van der Waals surface area contributed by atoms with Gasteiger partial charge in [0.05, 0.1) is 6.04 Å². The number of carboxylic acids is 2. The molecule has 0 spiro atoms. The molecule has 0 saturated carbocycles. The number of amides is 3. The van der Waals surface area contributed by atoms with E-state index in [1.54, 1.807) is 0 Å². The van der Waals surface area contributed by atoms with Crippen molar-refractivity contribution in [2.24, 2.45) is 38.7 Å². The predicted molar refractivity (Wildman–Crippen MR) is 151 cm³/mol. The van der Waals surface area contributed by atoms with Crippen molar-refractivity contribution in [1.82, 2.24) is 16.0 Å². The van der Waals surface area contributed by atoms with Crippen LogP contribution in [0.5, 0.6) is 0 Å². The van der Waals surface area contributed by atoms with E-state index in [1.807, 2.05) is 6.26 Å². The van der Waals surface area contributed by atoms with E-state index in [-0.39, 0.29) is 57.1 Å². The fraction of sp³-hybridized carbons (Fsp3) is 0.682. The molecule has 17 nitrogen and oxygen atoms in total. The Hall–Kier alpha value is -3.80. The van der Waals surface area contributed by atoms with Gasteiger partial charge in [0.1, 0.15) is 18.1 Å². The molecule has 0 aromatic rings. The van der Waals surface area contributed by atoms with Gasteiger partial charge in [-0.05, 0) is 50.5 Å². The Labute approximate surface area is 236 Å².